The third-order valence-electron chi connectivity index (χ3n) is 7.43. The number of nitrogens with one attached hydrogen (secondary N) is 1. The highest BCUT2D eigenvalue weighted by Gasteiger charge is 2.38. The number of amides is 2. The van der Waals surface area contributed by atoms with Crippen LogP contribution in [0.15, 0.2) is 84.9 Å². The number of alkyl halides is 6. The summed E-state index contributed by atoms with van der Waals surface area (Å²) >= 11 is 0. The zero-order chi connectivity index (χ0) is 36.8. The van der Waals surface area contributed by atoms with Crippen molar-refractivity contribution in [2.24, 2.45) is 0 Å². The van der Waals surface area contributed by atoms with Gasteiger partial charge in [-0.1, -0.05) is 48.5 Å². The first-order valence-corrected chi connectivity index (χ1v) is 14.9. The van der Waals surface area contributed by atoms with Crippen LogP contribution in [-0.2, 0) is 28.3 Å². The Morgan fingerprint density at radius 3 is 2.06 bits per heavy atom. The van der Waals surface area contributed by atoms with Gasteiger partial charge in [-0.15, -0.1) is 0 Å². The molecule has 4 rings (SSSR count). The zero-order valence-corrected chi connectivity index (χ0v) is 26.9. The highest BCUT2D eigenvalue weighted by Crippen LogP contribution is 2.38. The molecule has 0 saturated carbocycles. The number of carbonyl (C=O) groups excluding carboxylic acids is 4. The zero-order valence-electron chi connectivity index (χ0n) is 26.9. The fraction of sp³-hybridized carbons (Fsp3) is 0.222. The van der Waals surface area contributed by atoms with E-state index in [1.54, 1.807) is 30.3 Å². The van der Waals surface area contributed by atoms with Crippen LogP contribution in [0, 0.1) is 0 Å². The number of ether oxygens (including phenoxy) is 2. The molecule has 2 amide bonds. The van der Waals surface area contributed by atoms with E-state index in [0.29, 0.717) is 17.2 Å². The number of aryl methyl sites for hydroxylation is 1. The molecule has 0 aromatic heterocycles. The number of halogens is 6. The van der Waals surface area contributed by atoms with E-state index in [9.17, 15) is 45.5 Å². The van der Waals surface area contributed by atoms with Crippen molar-refractivity contribution < 1.29 is 55.0 Å². The molecule has 0 aliphatic heterocycles. The van der Waals surface area contributed by atoms with Crippen LogP contribution in [0.25, 0.3) is 11.1 Å². The molecule has 0 aliphatic carbocycles. The fourth-order valence-electron chi connectivity index (χ4n) is 5.08. The first-order valence-electron chi connectivity index (χ1n) is 14.9. The second-order valence-electron chi connectivity index (χ2n) is 11.1. The Hall–Kier alpha value is -5.66. The maximum Gasteiger partial charge on any atom is 0.417 e. The van der Waals surface area contributed by atoms with Crippen LogP contribution in [0.1, 0.15) is 60.6 Å². The van der Waals surface area contributed by atoms with Crippen molar-refractivity contribution in [1.82, 2.24) is 4.90 Å². The van der Waals surface area contributed by atoms with Gasteiger partial charge in [0.2, 0.25) is 0 Å². The van der Waals surface area contributed by atoms with Crippen LogP contribution >= 0.6 is 0 Å². The van der Waals surface area contributed by atoms with E-state index in [4.69, 9.17) is 4.74 Å². The number of carbonyl (C=O) groups is 4. The molecule has 0 unspecified atom stereocenters. The van der Waals surface area contributed by atoms with Crippen LogP contribution in [0.4, 0.5) is 32.0 Å². The lowest BCUT2D eigenvalue weighted by Crippen LogP contribution is -2.25. The number of nitrogens with zero attached hydrogens (tertiary/aromatic N) is 1. The van der Waals surface area contributed by atoms with E-state index in [2.05, 4.69) is 10.1 Å². The monoisotopic (exact) mass is 700 g/mol. The van der Waals surface area contributed by atoms with Crippen molar-refractivity contribution in [2.45, 2.75) is 31.6 Å². The molecule has 0 fully saturated rings. The van der Waals surface area contributed by atoms with Crippen molar-refractivity contribution in [2.75, 3.05) is 26.5 Å². The topological polar surface area (TPSA) is 102 Å². The number of rotatable bonds is 10. The number of esters is 2. The van der Waals surface area contributed by atoms with E-state index in [1.165, 1.54) is 49.3 Å². The van der Waals surface area contributed by atoms with Crippen molar-refractivity contribution in [3.8, 4) is 16.9 Å². The fourth-order valence-corrected chi connectivity index (χ4v) is 5.08. The van der Waals surface area contributed by atoms with Crippen molar-refractivity contribution in [1.29, 1.82) is 0 Å². The average Bonchev–Trinajstić information content (AvgIpc) is 3.07. The van der Waals surface area contributed by atoms with E-state index in [0.717, 1.165) is 25.3 Å². The third-order valence-corrected chi connectivity index (χ3v) is 7.43. The minimum Gasteiger partial charge on any atom is -0.465 e. The van der Waals surface area contributed by atoms with E-state index in [1.807, 2.05) is 0 Å². The van der Waals surface area contributed by atoms with E-state index in [-0.39, 0.29) is 36.1 Å². The van der Waals surface area contributed by atoms with Crippen molar-refractivity contribution >= 4 is 29.4 Å². The Bertz CT molecular complexity index is 1910. The molecule has 0 atom stereocenters. The Morgan fingerprint density at radius 1 is 0.760 bits per heavy atom. The highest BCUT2D eigenvalue weighted by molar-refractivity contribution is 6.12. The molecular formula is C36H30F6N2O6. The maximum absolute atomic E-state index is 14.1. The average molecular weight is 701 g/mol. The van der Waals surface area contributed by atoms with Gasteiger partial charge in [0.15, 0.2) is 0 Å². The lowest BCUT2D eigenvalue weighted by atomic mass is 9.94. The Morgan fingerprint density at radius 2 is 1.44 bits per heavy atom. The molecule has 0 aliphatic rings. The standard InChI is InChI=1S/C36H30F6N2O6/c1-44(2)33(47)26-19-21(9-7-14-30(45)50-23-16-17-25(34(48)49-3)28(20-23)36(40,41)42)15-18-29(26)43-32(46)31-24(22-10-5-4-6-11-22)12-8-13-27(31)35(37,38)39/h4-6,8,10-13,15-20H,7,9,14H2,1-3H3,(H,43,46). The second-order valence-corrected chi connectivity index (χ2v) is 11.1. The molecule has 0 bridgehead atoms. The van der Waals surface area contributed by atoms with Gasteiger partial charge in [-0.3, -0.25) is 14.4 Å². The molecular weight excluding hydrogens is 670 g/mol. The largest absolute Gasteiger partial charge is 0.465 e. The van der Waals surface area contributed by atoms with Crippen LogP contribution < -0.4 is 10.1 Å². The number of hydrogen-bond acceptors (Lipinski definition) is 6. The smallest absolute Gasteiger partial charge is 0.417 e. The van der Waals surface area contributed by atoms with Gasteiger partial charge in [0.25, 0.3) is 11.8 Å². The predicted octanol–water partition coefficient (Wildman–Crippen LogP) is 8.06. The van der Waals surface area contributed by atoms with Gasteiger partial charge in [0, 0.05) is 20.5 Å². The number of benzene rings is 4. The van der Waals surface area contributed by atoms with Gasteiger partial charge >= 0.3 is 24.3 Å². The van der Waals surface area contributed by atoms with E-state index < -0.39 is 64.1 Å². The first-order chi connectivity index (χ1) is 23.5. The lowest BCUT2D eigenvalue weighted by Gasteiger charge is -2.19. The number of methoxy groups -OCH3 is 1. The lowest BCUT2D eigenvalue weighted by molar-refractivity contribution is -0.139. The maximum atomic E-state index is 14.1. The van der Waals surface area contributed by atoms with Gasteiger partial charge in [0.1, 0.15) is 5.75 Å². The summed E-state index contributed by atoms with van der Waals surface area (Å²) in [6.45, 7) is 0. The molecule has 50 heavy (non-hydrogen) atoms. The summed E-state index contributed by atoms with van der Waals surface area (Å²) in [6.07, 6.45) is -9.72. The summed E-state index contributed by atoms with van der Waals surface area (Å²) in [4.78, 5) is 52.1. The molecule has 0 heterocycles. The summed E-state index contributed by atoms with van der Waals surface area (Å²) in [7, 11) is 3.83. The Kier molecular flexibility index (Phi) is 11.3. The van der Waals surface area contributed by atoms with Crippen molar-refractivity contribution in [3.63, 3.8) is 0 Å². The van der Waals surface area contributed by atoms with Crippen LogP contribution in [-0.4, -0.2) is 49.9 Å². The summed E-state index contributed by atoms with van der Waals surface area (Å²) in [6, 6.07) is 18.2. The summed E-state index contributed by atoms with van der Waals surface area (Å²) < 4.78 is 92.2. The summed E-state index contributed by atoms with van der Waals surface area (Å²) in [5.41, 5.74) is -3.01. The summed E-state index contributed by atoms with van der Waals surface area (Å²) in [5.74, 6) is -4.17. The van der Waals surface area contributed by atoms with Gasteiger partial charge in [-0.25, -0.2) is 4.79 Å². The molecule has 8 nitrogen and oxygen atoms in total. The van der Waals surface area contributed by atoms with Crippen LogP contribution in [0.5, 0.6) is 5.75 Å². The quantitative estimate of drug-likeness (QED) is 0.102. The predicted molar refractivity (Wildman–Crippen MR) is 171 cm³/mol. The Balaban J connectivity index is 1.54. The molecule has 1 N–H and O–H groups in total. The molecule has 14 heteroatoms. The minimum atomic E-state index is -4.93. The van der Waals surface area contributed by atoms with Crippen molar-refractivity contribution in [3.05, 3.63) is 118 Å². The molecule has 262 valence electrons. The van der Waals surface area contributed by atoms with Crippen LogP contribution in [0.3, 0.4) is 0 Å². The molecule has 4 aromatic rings. The van der Waals surface area contributed by atoms with Crippen LogP contribution in [0.2, 0.25) is 0 Å². The van der Waals surface area contributed by atoms with Gasteiger partial charge < -0.3 is 19.7 Å². The molecule has 0 radical (unpaired) electrons. The minimum absolute atomic E-state index is 0.0282. The van der Waals surface area contributed by atoms with Gasteiger partial charge in [-0.2, -0.15) is 26.3 Å². The van der Waals surface area contributed by atoms with Gasteiger partial charge in [-0.05, 0) is 65.9 Å². The summed E-state index contributed by atoms with van der Waals surface area (Å²) in [5, 5.41) is 2.47. The normalized spacial score (nSPS) is 11.5. The number of hydrogen-bond donors (Lipinski definition) is 1. The number of anilines is 1. The van der Waals surface area contributed by atoms with E-state index >= 15 is 0 Å². The SMILES string of the molecule is COC(=O)c1ccc(OC(=O)CCCc2ccc(NC(=O)c3c(-c4ccccc4)cccc3C(F)(F)F)c(C(=O)N(C)C)c2)cc1C(F)(F)F. The third kappa shape index (κ3) is 8.87. The Labute approximate surface area is 282 Å². The molecule has 4 aromatic carbocycles. The molecule has 0 saturated heterocycles. The first kappa shape index (κ1) is 37.2. The second kappa shape index (κ2) is 15.3. The highest BCUT2D eigenvalue weighted by atomic mass is 19.4. The van der Waals surface area contributed by atoms with Gasteiger partial charge in [0.05, 0.1) is 40.6 Å². The molecule has 0 spiro atoms.